The van der Waals surface area contributed by atoms with Crippen LogP contribution in [0.3, 0.4) is 0 Å². The van der Waals surface area contributed by atoms with Crippen LogP contribution >= 0.6 is 0 Å². The van der Waals surface area contributed by atoms with Crippen LogP contribution in [0.2, 0.25) is 0 Å². The van der Waals surface area contributed by atoms with Gasteiger partial charge in [0, 0.05) is 18.4 Å². The number of rotatable bonds is 5. The van der Waals surface area contributed by atoms with E-state index in [0.717, 1.165) is 16.9 Å². The number of benzene rings is 1. The van der Waals surface area contributed by atoms with Crippen molar-refractivity contribution in [2.45, 2.75) is 26.7 Å². The highest BCUT2D eigenvalue weighted by molar-refractivity contribution is 6.07. The Morgan fingerprint density at radius 2 is 2.15 bits per heavy atom. The van der Waals surface area contributed by atoms with Gasteiger partial charge in [0.1, 0.15) is 5.75 Å². The third-order valence-electron chi connectivity index (χ3n) is 3.17. The van der Waals surface area contributed by atoms with Gasteiger partial charge in [0.15, 0.2) is 11.6 Å². The van der Waals surface area contributed by atoms with Gasteiger partial charge >= 0.3 is 0 Å². The lowest BCUT2D eigenvalue weighted by molar-refractivity contribution is -0.116. The molecule has 0 atom stereocenters. The number of hydrogen-bond acceptors (Lipinski definition) is 3. The molecule has 0 N–H and O–H groups in total. The summed E-state index contributed by atoms with van der Waals surface area (Å²) in [5.74, 6) is 0.748. The van der Waals surface area contributed by atoms with E-state index in [1.165, 1.54) is 6.08 Å². The van der Waals surface area contributed by atoms with E-state index >= 15 is 0 Å². The van der Waals surface area contributed by atoms with E-state index in [1.807, 2.05) is 32.0 Å². The summed E-state index contributed by atoms with van der Waals surface area (Å²) in [6, 6.07) is 5.76. The Hall–Kier alpha value is -2.16. The van der Waals surface area contributed by atoms with Gasteiger partial charge < -0.3 is 4.74 Å². The van der Waals surface area contributed by atoms with Gasteiger partial charge in [0.2, 0.25) is 0 Å². The molecule has 0 aromatic heterocycles. The van der Waals surface area contributed by atoms with Crippen molar-refractivity contribution in [3.8, 4) is 5.75 Å². The summed E-state index contributed by atoms with van der Waals surface area (Å²) in [5.41, 5.74) is 2.44. The number of hydrogen-bond donors (Lipinski definition) is 0. The molecule has 0 heterocycles. The molecule has 104 valence electrons. The van der Waals surface area contributed by atoms with Crippen molar-refractivity contribution in [1.29, 1.82) is 0 Å². The lowest BCUT2D eigenvalue weighted by atomic mass is 9.97. The Bertz CT molecular complexity index is 594. The van der Waals surface area contributed by atoms with Gasteiger partial charge in [-0.15, -0.1) is 0 Å². The topological polar surface area (TPSA) is 43.4 Å². The molecule has 0 radical (unpaired) electrons. The summed E-state index contributed by atoms with van der Waals surface area (Å²) < 4.78 is 5.53. The van der Waals surface area contributed by atoms with Gasteiger partial charge in [0.05, 0.1) is 6.61 Å². The predicted octanol–water partition coefficient (Wildman–Crippen LogP) is 2.96. The van der Waals surface area contributed by atoms with Crippen LogP contribution < -0.4 is 4.74 Å². The Morgan fingerprint density at radius 3 is 2.85 bits per heavy atom. The molecule has 3 heteroatoms. The molecule has 0 bridgehead atoms. The average molecular weight is 270 g/mol. The zero-order valence-corrected chi connectivity index (χ0v) is 11.8. The van der Waals surface area contributed by atoms with E-state index < -0.39 is 0 Å². The molecule has 1 aromatic carbocycles. The molecular formula is C17H18O3. The highest BCUT2D eigenvalue weighted by Crippen LogP contribution is 2.21. The first-order chi connectivity index (χ1) is 9.60. The quantitative estimate of drug-likeness (QED) is 0.826. The molecule has 0 fully saturated rings. The fourth-order valence-electron chi connectivity index (χ4n) is 2.11. The van der Waals surface area contributed by atoms with E-state index in [1.54, 1.807) is 12.2 Å². The van der Waals surface area contributed by atoms with E-state index in [0.29, 0.717) is 18.6 Å². The predicted molar refractivity (Wildman–Crippen MR) is 77.9 cm³/mol. The standard InChI is InChI=1S/C17H18O3/c1-3-20-17-10-13(8-7-12(17)2)9-16(19)14-5-4-6-15(18)11-14/h4-5,7-8,10-11H,3,6,9H2,1-2H3. The highest BCUT2D eigenvalue weighted by atomic mass is 16.5. The van der Waals surface area contributed by atoms with Gasteiger partial charge in [-0.05, 0) is 37.1 Å². The number of ether oxygens (including phenoxy) is 1. The number of Topliss-reactive ketones (excluding diaryl/α,β-unsaturated/α-hetero) is 1. The molecule has 0 amide bonds. The zero-order chi connectivity index (χ0) is 14.5. The van der Waals surface area contributed by atoms with E-state index in [4.69, 9.17) is 4.74 Å². The minimum atomic E-state index is -0.0411. The van der Waals surface area contributed by atoms with Crippen LogP contribution in [0.5, 0.6) is 5.75 Å². The third-order valence-corrected chi connectivity index (χ3v) is 3.17. The van der Waals surface area contributed by atoms with Crippen molar-refractivity contribution in [2.75, 3.05) is 6.61 Å². The van der Waals surface area contributed by atoms with Crippen LogP contribution in [0, 0.1) is 6.92 Å². The van der Waals surface area contributed by atoms with Crippen LogP contribution in [0.4, 0.5) is 0 Å². The molecule has 1 aromatic rings. The highest BCUT2D eigenvalue weighted by Gasteiger charge is 2.13. The summed E-state index contributed by atoms with van der Waals surface area (Å²) in [6.45, 7) is 4.50. The van der Waals surface area contributed by atoms with Crippen LogP contribution in [-0.4, -0.2) is 18.2 Å². The van der Waals surface area contributed by atoms with Crippen molar-refractivity contribution in [3.05, 3.63) is 53.1 Å². The van der Waals surface area contributed by atoms with Crippen LogP contribution in [0.25, 0.3) is 0 Å². The largest absolute Gasteiger partial charge is 0.494 e. The fourth-order valence-corrected chi connectivity index (χ4v) is 2.11. The summed E-state index contributed by atoms with van der Waals surface area (Å²) >= 11 is 0. The molecule has 3 nitrogen and oxygen atoms in total. The van der Waals surface area contributed by atoms with E-state index in [9.17, 15) is 9.59 Å². The van der Waals surface area contributed by atoms with Crippen molar-refractivity contribution in [1.82, 2.24) is 0 Å². The molecular weight excluding hydrogens is 252 g/mol. The Morgan fingerprint density at radius 1 is 1.35 bits per heavy atom. The number of carbonyl (C=O) groups is 2. The maximum Gasteiger partial charge on any atom is 0.167 e. The molecule has 1 aliphatic carbocycles. The monoisotopic (exact) mass is 270 g/mol. The van der Waals surface area contributed by atoms with Gasteiger partial charge in [-0.25, -0.2) is 0 Å². The normalized spacial score (nSPS) is 14.1. The molecule has 0 spiro atoms. The second-order valence-electron chi connectivity index (χ2n) is 4.81. The average Bonchev–Trinajstić information content (AvgIpc) is 2.43. The Kier molecular flexibility index (Phi) is 4.51. The Labute approximate surface area is 118 Å². The summed E-state index contributed by atoms with van der Waals surface area (Å²) in [7, 11) is 0. The van der Waals surface area contributed by atoms with Crippen molar-refractivity contribution >= 4 is 11.6 Å². The first-order valence-electron chi connectivity index (χ1n) is 6.76. The smallest absolute Gasteiger partial charge is 0.167 e. The van der Waals surface area contributed by atoms with Crippen LogP contribution in [-0.2, 0) is 16.0 Å². The maximum absolute atomic E-state index is 12.2. The van der Waals surface area contributed by atoms with Crippen molar-refractivity contribution in [2.24, 2.45) is 0 Å². The molecule has 0 aliphatic heterocycles. The molecule has 1 aliphatic rings. The summed E-state index contributed by atoms with van der Waals surface area (Å²) in [5, 5.41) is 0. The number of ketones is 2. The van der Waals surface area contributed by atoms with Gasteiger partial charge in [-0.3, -0.25) is 9.59 Å². The minimum absolute atomic E-state index is 0.0187. The second kappa shape index (κ2) is 6.33. The fraction of sp³-hybridized carbons (Fsp3) is 0.294. The summed E-state index contributed by atoms with van der Waals surface area (Å²) in [6.07, 6.45) is 5.55. The van der Waals surface area contributed by atoms with Crippen LogP contribution in [0.1, 0.15) is 24.5 Å². The van der Waals surface area contributed by atoms with E-state index in [2.05, 4.69) is 0 Å². The molecule has 0 saturated heterocycles. The second-order valence-corrected chi connectivity index (χ2v) is 4.81. The van der Waals surface area contributed by atoms with E-state index in [-0.39, 0.29) is 18.0 Å². The lowest BCUT2D eigenvalue weighted by Gasteiger charge is -2.10. The number of aryl methyl sites for hydroxylation is 1. The molecule has 20 heavy (non-hydrogen) atoms. The van der Waals surface area contributed by atoms with Gasteiger partial charge in [-0.2, -0.15) is 0 Å². The minimum Gasteiger partial charge on any atom is -0.494 e. The first kappa shape index (κ1) is 14.3. The molecule has 2 rings (SSSR count). The van der Waals surface area contributed by atoms with Gasteiger partial charge in [0.25, 0.3) is 0 Å². The first-order valence-corrected chi connectivity index (χ1v) is 6.76. The number of allylic oxidation sites excluding steroid dienone is 4. The van der Waals surface area contributed by atoms with Crippen molar-refractivity contribution in [3.63, 3.8) is 0 Å². The van der Waals surface area contributed by atoms with Gasteiger partial charge in [-0.1, -0.05) is 24.3 Å². The maximum atomic E-state index is 12.2. The zero-order valence-electron chi connectivity index (χ0n) is 11.8. The lowest BCUT2D eigenvalue weighted by Crippen LogP contribution is -2.09. The van der Waals surface area contributed by atoms with Crippen LogP contribution in [0.15, 0.2) is 42.0 Å². The number of carbonyl (C=O) groups excluding carboxylic acids is 2. The third kappa shape index (κ3) is 3.44. The molecule has 0 unspecified atom stereocenters. The molecule has 0 saturated carbocycles. The SMILES string of the molecule is CCOc1cc(CC(=O)C2=CC(=O)CC=C2)ccc1C. The van der Waals surface area contributed by atoms with Crippen molar-refractivity contribution < 1.29 is 14.3 Å². The Balaban J connectivity index is 2.14. The summed E-state index contributed by atoms with van der Waals surface area (Å²) in [4.78, 5) is 23.5.